The quantitative estimate of drug-likeness (QED) is 0.165. The smallest absolute Gasteiger partial charge is 0.309 e. The summed E-state index contributed by atoms with van der Waals surface area (Å²) in [5.41, 5.74) is -1.50. The van der Waals surface area contributed by atoms with E-state index >= 15 is 0 Å². The SMILES string of the molecule is CCC(=O)O[C@@H]1CC(=O)O[C@H](C)C/C=C/C=C/C(=O)[C@H](C)C[C@H](CC=O)[C@@H](O[C@H]2O[C@@H](C)[C@@H](O[C@@H]3C[C@@](C)(O)[C@@H](OC(=O)CC)[C@H](C)O3)[C@H](N(C)C)[C@H]2O)[C@H]1OC. The summed E-state index contributed by atoms with van der Waals surface area (Å²) in [5, 5.41) is 23.4. The molecule has 0 spiro atoms. The summed E-state index contributed by atoms with van der Waals surface area (Å²) in [6, 6.07) is -0.793. The first-order chi connectivity index (χ1) is 26.9. The number of likely N-dealkylation sites (N-methyl/N-ethyl adjacent to an activating group) is 1. The van der Waals surface area contributed by atoms with Crippen LogP contribution in [0.15, 0.2) is 24.3 Å². The van der Waals surface area contributed by atoms with Gasteiger partial charge in [-0.2, -0.15) is 0 Å². The van der Waals surface area contributed by atoms with Crippen LogP contribution < -0.4 is 0 Å². The van der Waals surface area contributed by atoms with Crippen LogP contribution >= 0.6 is 0 Å². The molecule has 0 amide bonds. The Bertz CT molecular complexity index is 1400. The lowest BCUT2D eigenvalue weighted by Crippen LogP contribution is -2.66. The van der Waals surface area contributed by atoms with Gasteiger partial charge < -0.3 is 57.8 Å². The maximum absolute atomic E-state index is 13.3. The molecule has 0 bridgehead atoms. The molecule has 3 aliphatic heterocycles. The van der Waals surface area contributed by atoms with Gasteiger partial charge in [0.05, 0.1) is 30.8 Å². The van der Waals surface area contributed by atoms with E-state index in [-0.39, 0.29) is 37.9 Å². The molecule has 15 atom stereocenters. The highest BCUT2D eigenvalue weighted by Crippen LogP contribution is 2.37. The van der Waals surface area contributed by atoms with Crippen molar-refractivity contribution >= 4 is 30.0 Å². The number of rotatable bonds is 12. The molecule has 324 valence electrons. The lowest BCUT2D eigenvalue weighted by atomic mass is 9.83. The second-order valence-electron chi connectivity index (χ2n) is 15.8. The van der Waals surface area contributed by atoms with E-state index in [2.05, 4.69) is 0 Å². The first-order valence-electron chi connectivity index (χ1n) is 20.0. The van der Waals surface area contributed by atoms with Crippen molar-refractivity contribution in [1.82, 2.24) is 4.90 Å². The highest BCUT2D eigenvalue weighted by atomic mass is 16.7. The molecule has 16 heteroatoms. The Kier molecular flexibility index (Phi) is 18.9. The second-order valence-corrected chi connectivity index (χ2v) is 15.8. The molecule has 3 heterocycles. The Morgan fingerprint density at radius 1 is 0.965 bits per heavy atom. The van der Waals surface area contributed by atoms with Crippen LogP contribution in [0.2, 0.25) is 0 Å². The Labute approximate surface area is 336 Å². The lowest BCUT2D eigenvalue weighted by molar-refractivity contribution is -0.344. The van der Waals surface area contributed by atoms with E-state index in [1.807, 2.05) is 0 Å². The number of cyclic esters (lactones) is 1. The first kappa shape index (κ1) is 48.3. The largest absolute Gasteiger partial charge is 0.462 e. The van der Waals surface area contributed by atoms with Gasteiger partial charge >= 0.3 is 17.9 Å². The predicted molar refractivity (Wildman–Crippen MR) is 204 cm³/mol. The summed E-state index contributed by atoms with van der Waals surface area (Å²) in [4.78, 5) is 65.5. The number of aldehydes is 1. The summed E-state index contributed by atoms with van der Waals surface area (Å²) >= 11 is 0. The highest BCUT2D eigenvalue weighted by Gasteiger charge is 2.53. The third-order valence-electron chi connectivity index (χ3n) is 10.7. The number of carbonyl (C=O) groups excluding carboxylic acids is 5. The zero-order chi connectivity index (χ0) is 42.6. The summed E-state index contributed by atoms with van der Waals surface area (Å²) in [6.45, 7) is 11.6. The molecule has 0 aromatic heterocycles. The van der Waals surface area contributed by atoms with Crippen molar-refractivity contribution < 1.29 is 72.1 Å². The van der Waals surface area contributed by atoms with Crippen LogP contribution in [-0.2, 0) is 61.9 Å². The van der Waals surface area contributed by atoms with Crippen molar-refractivity contribution in [2.45, 2.75) is 173 Å². The van der Waals surface area contributed by atoms with Gasteiger partial charge in [0.15, 0.2) is 24.5 Å². The number of nitrogens with zero attached hydrogens (tertiary/aromatic N) is 1. The van der Waals surface area contributed by atoms with E-state index in [0.29, 0.717) is 12.7 Å². The van der Waals surface area contributed by atoms with Crippen LogP contribution in [0.3, 0.4) is 0 Å². The molecule has 0 aromatic rings. The molecule has 0 radical (unpaired) electrons. The summed E-state index contributed by atoms with van der Waals surface area (Å²) in [6.07, 6.45) is -4.01. The molecule has 2 N–H and O–H groups in total. The zero-order valence-corrected chi connectivity index (χ0v) is 35.1. The van der Waals surface area contributed by atoms with Crippen molar-refractivity contribution in [3.63, 3.8) is 0 Å². The average Bonchev–Trinajstić information content (AvgIpc) is 3.13. The summed E-state index contributed by atoms with van der Waals surface area (Å²) in [5.74, 6) is -3.31. The highest BCUT2D eigenvalue weighted by molar-refractivity contribution is 5.91. The van der Waals surface area contributed by atoms with Crippen molar-refractivity contribution in [1.29, 1.82) is 0 Å². The zero-order valence-electron chi connectivity index (χ0n) is 35.1. The Morgan fingerprint density at radius 3 is 2.23 bits per heavy atom. The molecule has 16 nitrogen and oxygen atoms in total. The van der Waals surface area contributed by atoms with Crippen LogP contribution in [0, 0.1) is 11.8 Å². The summed E-state index contributed by atoms with van der Waals surface area (Å²) < 4.78 is 48.4. The minimum absolute atomic E-state index is 0.0122. The number of esters is 3. The first-order valence-corrected chi connectivity index (χ1v) is 20.0. The molecule has 2 saturated heterocycles. The summed E-state index contributed by atoms with van der Waals surface area (Å²) in [7, 11) is 4.83. The predicted octanol–water partition coefficient (Wildman–Crippen LogP) is 2.98. The molecule has 0 aromatic carbocycles. The molecule has 3 aliphatic rings. The minimum Gasteiger partial charge on any atom is -0.462 e. The third-order valence-corrected chi connectivity index (χ3v) is 10.7. The van der Waals surface area contributed by atoms with E-state index in [4.69, 9.17) is 37.9 Å². The number of ether oxygens (including phenoxy) is 8. The monoisotopic (exact) mass is 811 g/mol. The van der Waals surface area contributed by atoms with Gasteiger partial charge in [-0.3, -0.25) is 19.2 Å². The Balaban J connectivity index is 2.02. The van der Waals surface area contributed by atoms with E-state index in [1.165, 1.54) is 13.2 Å². The van der Waals surface area contributed by atoms with Gasteiger partial charge in [-0.05, 0) is 60.2 Å². The molecular weight excluding hydrogens is 746 g/mol. The number of carbonyl (C=O) groups is 5. The van der Waals surface area contributed by atoms with Crippen molar-refractivity contribution in [2.24, 2.45) is 11.8 Å². The molecule has 0 aliphatic carbocycles. The molecule has 0 unspecified atom stereocenters. The maximum Gasteiger partial charge on any atom is 0.309 e. The van der Waals surface area contributed by atoms with Crippen molar-refractivity contribution in [2.75, 3.05) is 21.2 Å². The van der Waals surface area contributed by atoms with Gasteiger partial charge in [-0.15, -0.1) is 0 Å². The number of aliphatic hydroxyl groups excluding tert-OH is 1. The topological polar surface area (TPSA) is 203 Å². The fourth-order valence-corrected chi connectivity index (χ4v) is 7.72. The van der Waals surface area contributed by atoms with Crippen LogP contribution in [0.4, 0.5) is 0 Å². The average molecular weight is 812 g/mol. The van der Waals surface area contributed by atoms with Crippen LogP contribution in [0.5, 0.6) is 0 Å². The van der Waals surface area contributed by atoms with Gasteiger partial charge in [-0.25, -0.2) is 0 Å². The fraction of sp³-hybridized carbons (Fsp3) is 0.780. The van der Waals surface area contributed by atoms with E-state index < -0.39 is 115 Å². The van der Waals surface area contributed by atoms with Gasteiger partial charge in [0, 0.05) is 45.1 Å². The number of methoxy groups -OCH3 is 1. The number of ketones is 1. The number of hydrogen-bond donors (Lipinski definition) is 2. The maximum atomic E-state index is 13.3. The Hall–Kier alpha value is -3.09. The Morgan fingerprint density at radius 2 is 1.63 bits per heavy atom. The van der Waals surface area contributed by atoms with E-state index in [0.717, 1.165) is 0 Å². The van der Waals surface area contributed by atoms with Gasteiger partial charge in [0.2, 0.25) is 0 Å². The van der Waals surface area contributed by atoms with Crippen LogP contribution in [0.25, 0.3) is 0 Å². The number of hydrogen-bond acceptors (Lipinski definition) is 16. The second kappa shape index (κ2) is 22.3. The fourth-order valence-electron chi connectivity index (χ4n) is 7.72. The lowest BCUT2D eigenvalue weighted by Gasteiger charge is -2.50. The number of allylic oxidation sites excluding steroid dienone is 3. The normalized spacial score (nSPS) is 39.8. The minimum atomic E-state index is -1.50. The van der Waals surface area contributed by atoms with E-state index in [1.54, 1.807) is 85.7 Å². The number of aliphatic hydroxyl groups is 2. The van der Waals surface area contributed by atoms with Crippen molar-refractivity contribution in [3.8, 4) is 0 Å². The van der Waals surface area contributed by atoms with Gasteiger partial charge in [0.25, 0.3) is 0 Å². The molecule has 57 heavy (non-hydrogen) atoms. The molecule has 3 rings (SSSR count). The van der Waals surface area contributed by atoms with Crippen LogP contribution in [0.1, 0.15) is 93.4 Å². The van der Waals surface area contributed by atoms with Crippen LogP contribution in [-0.4, -0.2) is 145 Å². The molecular formula is C41H65NO15. The molecule has 0 saturated carbocycles. The standard InChI is InChI=1S/C41H65NO15/c1-11-30(45)54-29-21-32(47)51-24(4)16-14-13-15-17-28(44)23(3)20-27(18-19-43)37(38(29)50-10)57-40-35(48)34(42(8)9)36(25(5)53-40)56-33-22-41(7,49)39(26(6)52-33)55-31(46)12-2/h13-15,17,19,23-27,29,33-40,48-49H,11-12,16,18,20-22H2,1-10H3/b14-13+,17-15+/t23-,24-,25+,26+,27+,29-,33-,34-,35-,36-,37-,38+,39+,40-,41-/m1/s1. The molecule has 2 fully saturated rings. The van der Waals surface area contributed by atoms with Gasteiger partial charge in [-0.1, -0.05) is 39.0 Å². The third kappa shape index (κ3) is 13.5. The van der Waals surface area contributed by atoms with Crippen molar-refractivity contribution in [3.05, 3.63) is 24.3 Å². The van der Waals surface area contributed by atoms with E-state index in [9.17, 15) is 34.2 Å². The van der Waals surface area contributed by atoms with Gasteiger partial charge in [0.1, 0.15) is 42.4 Å².